The van der Waals surface area contributed by atoms with Gasteiger partial charge in [-0.1, -0.05) is 24.3 Å². The Morgan fingerprint density at radius 1 is 0.500 bits per heavy atom. The highest BCUT2D eigenvalue weighted by Crippen LogP contribution is 2.41. The van der Waals surface area contributed by atoms with Crippen molar-refractivity contribution in [2.45, 2.75) is 0 Å². The van der Waals surface area contributed by atoms with E-state index in [4.69, 9.17) is 0 Å². The predicted octanol–water partition coefficient (Wildman–Crippen LogP) is 4.30. The molecule has 0 atom stereocenters. The molecule has 0 saturated carbocycles. The number of aromatic nitrogens is 5. The van der Waals surface area contributed by atoms with E-state index in [9.17, 15) is 0 Å². The summed E-state index contributed by atoms with van der Waals surface area (Å²) in [5, 5.41) is 4.36. The van der Waals surface area contributed by atoms with Gasteiger partial charge in [0.1, 0.15) is 12.7 Å². The smallest absolute Gasteiger partial charge is 0.116 e. The molecule has 0 N–H and O–H groups in total. The summed E-state index contributed by atoms with van der Waals surface area (Å²) >= 11 is 0. The van der Waals surface area contributed by atoms with Crippen molar-refractivity contribution in [1.82, 2.24) is 24.9 Å². The van der Waals surface area contributed by atoms with Gasteiger partial charge in [0.2, 0.25) is 0 Å². The Morgan fingerprint density at radius 2 is 1.04 bits per heavy atom. The lowest BCUT2D eigenvalue weighted by atomic mass is 9.90. The van der Waals surface area contributed by atoms with Crippen LogP contribution in [0.25, 0.3) is 44.1 Å². The fourth-order valence-corrected chi connectivity index (χ4v) is 3.45. The molecule has 3 heterocycles. The first-order valence-corrected chi connectivity index (χ1v) is 8.24. The molecular weight excluding hydrogens is 322 g/mol. The summed E-state index contributed by atoms with van der Waals surface area (Å²) < 4.78 is 0. The van der Waals surface area contributed by atoms with E-state index in [1.165, 1.54) is 0 Å². The van der Waals surface area contributed by atoms with E-state index < -0.39 is 0 Å². The van der Waals surface area contributed by atoms with Crippen molar-refractivity contribution in [3.05, 3.63) is 79.9 Å². The third-order valence-electron chi connectivity index (χ3n) is 4.50. The molecule has 0 radical (unpaired) electrons. The molecule has 0 amide bonds. The first-order valence-electron chi connectivity index (χ1n) is 8.24. The summed E-state index contributed by atoms with van der Waals surface area (Å²) in [6.45, 7) is 0. The van der Waals surface area contributed by atoms with Gasteiger partial charge in [0.25, 0.3) is 0 Å². The Labute approximate surface area is 149 Å². The van der Waals surface area contributed by atoms with Crippen LogP contribution in [0.5, 0.6) is 0 Å². The van der Waals surface area contributed by atoms with E-state index in [0.29, 0.717) is 0 Å². The highest BCUT2D eigenvalue weighted by molar-refractivity contribution is 6.20. The van der Waals surface area contributed by atoms with Crippen LogP contribution in [0.2, 0.25) is 0 Å². The standard InChI is InChI=1S/C21H13N5/c1-2-4-15-14(3-1)20(18-6-9-23-12-25-18)16-5-8-22-11-17(16)21(15)19-7-10-24-13-26-19/h1-13H. The quantitative estimate of drug-likeness (QED) is 0.450. The van der Waals surface area contributed by atoms with Crippen molar-refractivity contribution in [3.63, 3.8) is 0 Å². The first kappa shape index (κ1) is 14.6. The monoisotopic (exact) mass is 335 g/mol. The Balaban J connectivity index is 2.02. The third-order valence-corrected chi connectivity index (χ3v) is 4.50. The summed E-state index contributed by atoms with van der Waals surface area (Å²) in [6, 6.07) is 14.2. The maximum Gasteiger partial charge on any atom is 0.116 e. The lowest BCUT2D eigenvalue weighted by Crippen LogP contribution is -1.94. The molecule has 0 saturated heterocycles. The summed E-state index contributed by atoms with van der Waals surface area (Å²) in [7, 11) is 0. The number of hydrogen-bond donors (Lipinski definition) is 0. The molecule has 122 valence electrons. The molecule has 0 aliphatic rings. The molecule has 26 heavy (non-hydrogen) atoms. The zero-order chi connectivity index (χ0) is 17.3. The lowest BCUT2D eigenvalue weighted by Gasteiger charge is -2.15. The maximum atomic E-state index is 4.49. The summed E-state index contributed by atoms with van der Waals surface area (Å²) in [5.41, 5.74) is 3.91. The second-order valence-corrected chi connectivity index (χ2v) is 5.91. The zero-order valence-corrected chi connectivity index (χ0v) is 13.7. The molecular formula is C21H13N5. The van der Waals surface area contributed by atoms with Crippen molar-refractivity contribution in [1.29, 1.82) is 0 Å². The SMILES string of the molecule is c1ccc2c(-c3ccncn3)c3cnccc3c(-c3ccncn3)c2c1. The molecule has 5 heteroatoms. The van der Waals surface area contributed by atoms with Crippen LogP contribution in [0, 0.1) is 0 Å². The van der Waals surface area contributed by atoms with Crippen LogP contribution in [-0.2, 0) is 0 Å². The topological polar surface area (TPSA) is 64.5 Å². The van der Waals surface area contributed by atoms with Crippen molar-refractivity contribution in [2.24, 2.45) is 0 Å². The van der Waals surface area contributed by atoms with E-state index in [2.05, 4.69) is 37.1 Å². The van der Waals surface area contributed by atoms with Crippen LogP contribution in [-0.4, -0.2) is 24.9 Å². The normalized spacial score (nSPS) is 11.1. The van der Waals surface area contributed by atoms with Gasteiger partial charge in [0.15, 0.2) is 0 Å². The fraction of sp³-hybridized carbons (Fsp3) is 0. The van der Waals surface area contributed by atoms with Crippen molar-refractivity contribution < 1.29 is 0 Å². The largest absolute Gasteiger partial charge is 0.264 e. The third kappa shape index (κ3) is 2.22. The number of pyridine rings is 1. The van der Waals surface area contributed by atoms with Crippen LogP contribution >= 0.6 is 0 Å². The highest BCUT2D eigenvalue weighted by atomic mass is 14.8. The Morgan fingerprint density at radius 3 is 1.62 bits per heavy atom. The van der Waals surface area contributed by atoms with E-state index in [-0.39, 0.29) is 0 Å². The van der Waals surface area contributed by atoms with Gasteiger partial charge in [-0.15, -0.1) is 0 Å². The van der Waals surface area contributed by atoms with Crippen molar-refractivity contribution in [3.8, 4) is 22.5 Å². The first-order chi connectivity index (χ1) is 12.9. The molecule has 5 aromatic rings. The summed E-state index contributed by atoms with van der Waals surface area (Å²) in [6.07, 6.45) is 10.4. The van der Waals surface area contributed by atoms with Gasteiger partial charge >= 0.3 is 0 Å². The molecule has 5 rings (SSSR count). The van der Waals surface area contributed by atoms with Gasteiger partial charge in [-0.3, -0.25) is 4.98 Å². The molecule has 0 unspecified atom stereocenters. The van der Waals surface area contributed by atoms with Gasteiger partial charge in [-0.25, -0.2) is 19.9 Å². The molecule has 2 aromatic carbocycles. The Kier molecular flexibility index (Phi) is 3.35. The Hall–Kier alpha value is -3.73. The van der Waals surface area contributed by atoms with Crippen molar-refractivity contribution >= 4 is 21.5 Å². The van der Waals surface area contributed by atoms with Gasteiger partial charge in [0.05, 0.1) is 11.4 Å². The van der Waals surface area contributed by atoms with Crippen LogP contribution in [0.3, 0.4) is 0 Å². The van der Waals surface area contributed by atoms with Crippen LogP contribution in [0.15, 0.2) is 79.9 Å². The zero-order valence-electron chi connectivity index (χ0n) is 13.7. The minimum absolute atomic E-state index is 0.878. The Bertz CT molecular complexity index is 1070. The van der Waals surface area contributed by atoms with E-state index in [1.54, 1.807) is 25.0 Å². The van der Waals surface area contributed by atoms with Crippen LogP contribution in [0.4, 0.5) is 0 Å². The number of hydrogen-bond acceptors (Lipinski definition) is 5. The van der Waals surface area contributed by atoms with E-state index >= 15 is 0 Å². The lowest BCUT2D eigenvalue weighted by molar-refractivity contribution is 1.17. The van der Waals surface area contributed by atoms with E-state index in [1.807, 2.05) is 42.7 Å². The van der Waals surface area contributed by atoms with Crippen LogP contribution in [0.1, 0.15) is 0 Å². The number of fused-ring (bicyclic) bond motifs is 2. The summed E-state index contributed by atoms with van der Waals surface area (Å²) in [5.74, 6) is 0. The minimum atomic E-state index is 0.878. The summed E-state index contributed by atoms with van der Waals surface area (Å²) in [4.78, 5) is 21.5. The molecule has 0 spiro atoms. The minimum Gasteiger partial charge on any atom is -0.264 e. The van der Waals surface area contributed by atoms with Gasteiger partial charge in [0, 0.05) is 41.3 Å². The van der Waals surface area contributed by atoms with Gasteiger partial charge in [-0.2, -0.15) is 0 Å². The average Bonchev–Trinajstić information content (AvgIpc) is 2.73. The average molecular weight is 335 g/mol. The molecule has 0 fully saturated rings. The highest BCUT2D eigenvalue weighted by Gasteiger charge is 2.17. The molecule has 0 aliphatic heterocycles. The number of benzene rings is 2. The number of rotatable bonds is 2. The molecule has 5 nitrogen and oxygen atoms in total. The number of nitrogens with zero attached hydrogens (tertiary/aromatic N) is 5. The predicted molar refractivity (Wildman–Crippen MR) is 101 cm³/mol. The van der Waals surface area contributed by atoms with Crippen LogP contribution < -0.4 is 0 Å². The second-order valence-electron chi connectivity index (χ2n) is 5.91. The molecule has 0 aliphatic carbocycles. The van der Waals surface area contributed by atoms with Crippen molar-refractivity contribution in [2.75, 3.05) is 0 Å². The maximum absolute atomic E-state index is 4.49. The van der Waals surface area contributed by atoms with Gasteiger partial charge < -0.3 is 0 Å². The van der Waals surface area contributed by atoms with Gasteiger partial charge in [-0.05, 0) is 34.4 Å². The molecule has 0 bridgehead atoms. The second kappa shape index (κ2) is 5.97. The fourth-order valence-electron chi connectivity index (χ4n) is 3.45. The molecule has 3 aromatic heterocycles. The van der Waals surface area contributed by atoms with E-state index in [0.717, 1.165) is 44.1 Å².